The van der Waals surface area contributed by atoms with E-state index in [4.69, 9.17) is 20.9 Å². The van der Waals surface area contributed by atoms with Gasteiger partial charge in [0, 0.05) is 34.5 Å². The van der Waals surface area contributed by atoms with Gasteiger partial charge in [0.05, 0.1) is 5.41 Å². The van der Waals surface area contributed by atoms with Gasteiger partial charge in [-0.15, -0.1) is 0 Å². The maximum absolute atomic E-state index is 14.3. The van der Waals surface area contributed by atoms with Crippen LogP contribution in [0.1, 0.15) is 39.8 Å². The number of hydrogen-bond acceptors (Lipinski definition) is 5. The molecule has 7 rings (SSSR count). The van der Waals surface area contributed by atoms with Crippen LogP contribution < -0.4 is 20.9 Å². The van der Waals surface area contributed by atoms with Crippen LogP contribution in [-0.4, -0.2) is 5.78 Å². The molecule has 0 bridgehead atoms. The van der Waals surface area contributed by atoms with Crippen molar-refractivity contribution in [2.45, 2.75) is 25.7 Å². The summed E-state index contributed by atoms with van der Waals surface area (Å²) in [7, 11) is 0. The lowest BCUT2D eigenvalue weighted by Gasteiger charge is -2.37. The topological polar surface area (TPSA) is 87.6 Å². The van der Waals surface area contributed by atoms with E-state index in [-0.39, 0.29) is 5.78 Å². The summed E-state index contributed by atoms with van der Waals surface area (Å²) in [6.07, 6.45) is 4.36. The standard InChI is InChI=1S/C39H32N2O3/c1-24-10-20-36(43-28-16-12-26(40)13-17-28)33(22-24)39(32-8-4-3-6-30(32)31-7-5-9-35(42)38(31)39)34-23-25(2)11-21-37(34)44-29-18-14-27(41)15-19-29/h3-8,10-23H,9,40-41H2,1-2H3. The molecule has 0 aromatic heterocycles. The Bertz CT molecular complexity index is 1890. The van der Waals surface area contributed by atoms with Crippen molar-refractivity contribution in [3.63, 3.8) is 0 Å². The molecular formula is C39H32N2O3. The summed E-state index contributed by atoms with van der Waals surface area (Å²) >= 11 is 0. The van der Waals surface area contributed by atoms with Crippen LogP contribution in [0.5, 0.6) is 23.0 Å². The van der Waals surface area contributed by atoms with Crippen LogP contribution in [0.3, 0.4) is 0 Å². The zero-order valence-electron chi connectivity index (χ0n) is 24.6. The summed E-state index contributed by atoms with van der Waals surface area (Å²) in [5, 5.41) is 0. The Balaban J connectivity index is 1.58. The minimum atomic E-state index is -1.03. The number of rotatable bonds is 6. The number of benzene rings is 5. The van der Waals surface area contributed by atoms with Crippen molar-refractivity contribution in [3.05, 3.63) is 160 Å². The van der Waals surface area contributed by atoms with Crippen LogP contribution in [0.4, 0.5) is 11.4 Å². The van der Waals surface area contributed by atoms with Gasteiger partial charge >= 0.3 is 0 Å². The number of hydrogen-bond donors (Lipinski definition) is 2. The normalized spacial score (nSPS) is 14.7. The molecule has 2 aliphatic rings. The number of ether oxygens (including phenoxy) is 2. The molecule has 2 aliphatic carbocycles. The Hall–Kier alpha value is -5.55. The van der Waals surface area contributed by atoms with E-state index in [9.17, 15) is 4.79 Å². The first-order chi connectivity index (χ1) is 21.3. The molecule has 0 amide bonds. The first kappa shape index (κ1) is 27.3. The van der Waals surface area contributed by atoms with Gasteiger partial charge in [-0.1, -0.05) is 71.8 Å². The maximum Gasteiger partial charge on any atom is 0.164 e. The van der Waals surface area contributed by atoms with E-state index in [2.05, 4.69) is 44.2 Å². The number of carbonyl (C=O) groups is 1. The number of fused-ring (bicyclic) bond motifs is 2. The van der Waals surface area contributed by atoms with E-state index in [0.29, 0.717) is 40.8 Å². The maximum atomic E-state index is 14.3. The fraction of sp³-hybridized carbons (Fsp3) is 0.103. The number of carbonyl (C=O) groups excluding carboxylic acids is 1. The van der Waals surface area contributed by atoms with Crippen molar-refractivity contribution in [1.82, 2.24) is 0 Å². The molecule has 0 unspecified atom stereocenters. The van der Waals surface area contributed by atoms with Gasteiger partial charge in [-0.05, 0) is 91.2 Å². The highest BCUT2D eigenvalue weighted by atomic mass is 16.5. The Morgan fingerprint density at radius 3 is 1.70 bits per heavy atom. The largest absolute Gasteiger partial charge is 0.457 e. The molecule has 0 saturated heterocycles. The van der Waals surface area contributed by atoms with Gasteiger partial charge in [-0.3, -0.25) is 4.79 Å². The van der Waals surface area contributed by atoms with Crippen LogP contribution in [-0.2, 0) is 10.2 Å². The van der Waals surface area contributed by atoms with Crippen molar-refractivity contribution in [2.24, 2.45) is 0 Å². The van der Waals surface area contributed by atoms with Crippen LogP contribution in [0.25, 0.3) is 5.57 Å². The fourth-order valence-electron chi connectivity index (χ4n) is 6.52. The molecular weight excluding hydrogens is 544 g/mol. The van der Waals surface area contributed by atoms with Crippen molar-refractivity contribution < 1.29 is 14.3 Å². The van der Waals surface area contributed by atoms with Gasteiger partial charge < -0.3 is 20.9 Å². The summed E-state index contributed by atoms with van der Waals surface area (Å²) in [4.78, 5) is 14.3. The first-order valence-electron chi connectivity index (χ1n) is 14.7. The summed E-state index contributed by atoms with van der Waals surface area (Å²) < 4.78 is 13.3. The predicted molar refractivity (Wildman–Crippen MR) is 176 cm³/mol. The molecule has 0 saturated carbocycles. The third-order valence-corrected chi connectivity index (χ3v) is 8.43. The van der Waals surface area contributed by atoms with E-state index in [0.717, 1.165) is 44.5 Å². The van der Waals surface area contributed by atoms with Crippen molar-refractivity contribution in [1.29, 1.82) is 0 Å². The molecule has 4 N–H and O–H groups in total. The van der Waals surface area contributed by atoms with E-state index in [1.807, 2.05) is 91.0 Å². The lowest BCUT2D eigenvalue weighted by atomic mass is 9.64. The second kappa shape index (κ2) is 10.6. The van der Waals surface area contributed by atoms with Gasteiger partial charge in [0.15, 0.2) is 5.78 Å². The minimum Gasteiger partial charge on any atom is -0.457 e. The lowest BCUT2D eigenvalue weighted by molar-refractivity contribution is -0.115. The molecule has 5 heteroatoms. The molecule has 44 heavy (non-hydrogen) atoms. The quantitative estimate of drug-likeness (QED) is 0.198. The third kappa shape index (κ3) is 4.45. The number of allylic oxidation sites excluding steroid dienone is 4. The Morgan fingerprint density at radius 2 is 1.16 bits per heavy atom. The van der Waals surface area contributed by atoms with Crippen molar-refractivity contribution in [3.8, 4) is 23.0 Å². The van der Waals surface area contributed by atoms with E-state index in [1.54, 1.807) is 0 Å². The molecule has 0 fully saturated rings. The molecule has 0 heterocycles. The Kier molecular flexibility index (Phi) is 6.59. The summed E-state index contributed by atoms with van der Waals surface area (Å²) in [6.45, 7) is 4.12. The van der Waals surface area contributed by atoms with Crippen LogP contribution in [0, 0.1) is 13.8 Å². The van der Waals surface area contributed by atoms with Crippen LogP contribution >= 0.6 is 0 Å². The van der Waals surface area contributed by atoms with Gasteiger partial charge in [0.25, 0.3) is 0 Å². The number of anilines is 2. The average Bonchev–Trinajstić information content (AvgIpc) is 3.33. The molecule has 216 valence electrons. The molecule has 0 atom stereocenters. The van der Waals surface area contributed by atoms with Gasteiger partial charge in [-0.2, -0.15) is 0 Å². The number of ketones is 1. The smallest absolute Gasteiger partial charge is 0.164 e. The van der Waals surface area contributed by atoms with Crippen molar-refractivity contribution >= 4 is 22.7 Å². The zero-order valence-corrected chi connectivity index (χ0v) is 24.6. The summed E-state index contributed by atoms with van der Waals surface area (Å²) in [5.74, 6) is 2.66. The summed E-state index contributed by atoms with van der Waals surface area (Å²) in [6, 6.07) is 35.3. The SMILES string of the molecule is Cc1ccc(Oc2ccc(N)cc2)c(C2(c3cc(C)ccc3Oc3ccc(N)cc3)C3=C(C=CCC3=O)c3ccccc32)c1. The van der Waals surface area contributed by atoms with Crippen LogP contribution in [0.2, 0.25) is 0 Å². The minimum absolute atomic E-state index is 0.0681. The molecule has 0 radical (unpaired) electrons. The monoisotopic (exact) mass is 576 g/mol. The number of nitrogen functional groups attached to an aromatic ring is 2. The fourth-order valence-corrected chi connectivity index (χ4v) is 6.52. The molecule has 0 spiro atoms. The highest BCUT2D eigenvalue weighted by Gasteiger charge is 2.53. The Labute approximate surface area is 257 Å². The molecule has 5 aromatic carbocycles. The average molecular weight is 577 g/mol. The number of nitrogens with two attached hydrogens (primary N) is 2. The third-order valence-electron chi connectivity index (χ3n) is 8.43. The van der Waals surface area contributed by atoms with E-state index < -0.39 is 5.41 Å². The highest BCUT2D eigenvalue weighted by molar-refractivity contribution is 6.14. The van der Waals surface area contributed by atoms with E-state index in [1.165, 1.54) is 0 Å². The lowest BCUT2D eigenvalue weighted by Crippen LogP contribution is -2.34. The van der Waals surface area contributed by atoms with E-state index >= 15 is 0 Å². The van der Waals surface area contributed by atoms with Crippen LogP contribution in [0.15, 0.2) is 127 Å². The highest BCUT2D eigenvalue weighted by Crippen LogP contribution is 2.60. The number of aryl methyl sites for hydroxylation is 2. The number of Topliss-reactive ketones (excluding diaryl/α,β-unsaturated/α-hetero) is 1. The van der Waals surface area contributed by atoms with Gasteiger partial charge in [0.1, 0.15) is 23.0 Å². The zero-order chi connectivity index (χ0) is 30.4. The summed E-state index contributed by atoms with van der Waals surface area (Å²) in [5.41, 5.74) is 19.7. The molecule has 5 aromatic rings. The predicted octanol–water partition coefficient (Wildman–Crippen LogP) is 8.68. The Morgan fingerprint density at radius 1 is 0.636 bits per heavy atom. The first-order valence-corrected chi connectivity index (χ1v) is 14.7. The van der Waals surface area contributed by atoms with Crippen molar-refractivity contribution in [2.75, 3.05) is 11.5 Å². The second-order valence-corrected chi connectivity index (χ2v) is 11.5. The van der Waals surface area contributed by atoms with Gasteiger partial charge in [0.2, 0.25) is 0 Å². The van der Waals surface area contributed by atoms with Gasteiger partial charge in [-0.25, -0.2) is 0 Å². The molecule has 0 aliphatic heterocycles. The molecule has 5 nitrogen and oxygen atoms in total. The second-order valence-electron chi connectivity index (χ2n) is 11.5.